The molecule has 1 nitrogen and oxygen atoms in total. The lowest BCUT2D eigenvalue weighted by molar-refractivity contribution is 0.640. The lowest BCUT2D eigenvalue weighted by Crippen LogP contribution is -1.77. The van der Waals surface area contributed by atoms with Gasteiger partial charge in [-0.2, -0.15) is 0 Å². The fourth-order valence-corrected chi connectivity index (χ4v) is 0.621. The average molecular weight is 179 g/mol. The summed E-state index contributed by atoms with van der Waals surface area (Å²) in [7, 11) is 0. The summed E-state index contributed by atoms with van der Waals surface area (Å²) in [6.45, 7) is 10.3. The molecule has 0 saturated heterocycles. The predicted molar refractivity (Wildman–Crippen MR) is 56.5 cm³/mol. The van der Waals surface area contributed by atoms with E-state index in [9.17, 15) is 4.39 Å². The summed E-state index contributed by atoms with van der Waals surface area (Å²) in [6, 6.07) is 0. The minimum atomic E-state index is -0.224. The van der Waals surface area contributed by atoms with Crippen molar-refractivity contribution in [1.82, 2.24) is 0 Å². The lowest BCUT2D eigenvalue weighted by Gasteiger charge is -1.96. The summed E-state index contributed by atoms with van der Waals surface area (Å²) in [4.78, 5) is 3.55. The van der Waals surface area contributed by atoms with Gasteiger partial charge in [-0.3, -0.25) is 4.99 Å². The van der Waals surface area contributed by atoms with Gasteiger partial charge in [0, 0.05) is 6.20 Å². The zero-order valence-corrected chi connectivity index (χ0v) is 8.05. The first-order valence-corrected chi connectivity index (χ1v) is 3.90. The molecule has 0 unspecified atom stereocenters. The molecule has 2 heteroatoms. The molecule has 0 rings (SSSR count). The van der Waals surface area contributed by atoms with Crippen molar-refractivity contribution in [2.45, 2.75) is 13.8 Å². The molecule has 0 radical (unpaired) electrons. The van der Waals surface area contributed by atoms with E-state index in [0.29, 0.717) is 0 Å². The topological polar surface area (TPSA) is 12.4 Å². The maximum Gasteiger partial charge on any atom is 0.0968 e. The first kappa shape index (κ1) is 11.6. The molecule has 0 aliphatic rings. The number of halogens is 1. The highest BCUT2D eigenvalue weighted by Crippen LogP contribution is 2.09. The third-order valence-corrected chi connectivity index (χ3v) is 1.45. The molecule has 0 saturated carbocycles. The van der Waals surface area contributed by atoms with Gasteiger partial charge in [-0.05, 0) is 43.9 Å². The molecule has 13 heavy (non-hydrogen) atoms. The van der Waals surface area contributed by atoms with Gasteiger partial charge in [-0.25, -0.2) is 4.39 Å². The average Bonchev–Trinajstić information content (AvgIpc) is 2.10. The van der Waals surface area contributed by atoms with E-state index in [2.05, 4.69) is 18.3 Å². The normalized spacial score (nSPS) is 13.5. The highest BCUT2D eigenvalue weighted by atomic mass is 19.1. The SMILES string of the molecule is C=NC=CC(=C)C(C)=CC=C(C)F. The first-order valence-electron chi connectivity index (χ1n) is 3.90. The van der Waals surface area contributed by atoms with Crippen molar-refractivity contribution < 1.29 is 4.39 Å². The molecule has 0 N–H and O–H groups in total. The Hall–Kier alpha value is -1.44. The smallest absolute Gasteiger partial charge is 0.0968 e. The van der Waals surface area contributed by atoms with Crippen LogP contribution in [0.4, 0.5) is 4.39 Å². The molecule has 0 atom stereocenters. The summed E-state index contributed by atoms with van der Waals surface area (Å²) in [5, 5.41) is 0. The Kier molecular flexibility index (Phi) is 5.44. The van der Waals surface area contributed by atoms with Gasteiger partial charge in [0.1, 0.15) is 0 Å². The Bertz CT molecular complexity index is 278. The van der Waals surface area contributed by atoms with E-state index in [1.54, 1.807) is 18.4 Å². The maximum absolute atomic E-state index is 12.3. The summed E-state index contributed by atoms with van der Waals surface area (Å²) in [6.07, 6.45) is 6.34. The maximum atomic E-state index is 12.3. The molecule has 0 spiro atoms. The molecule has 0 heterocycles. The van der Waals surface area contributed by atoms with Crippen molar-refractivity contribution in [3.8, 4) is 0 Å². The van der Waals surface area contributed by atoms with Gasteiger partial charge in [0.25, 0.3) is 0 Å². The molecule has 0 aromatic rings. The van der Waals surface area contributed by atoms with E-state index in [1.807, 2.05) is 6.92 Å². The van der Waals surface area contributed by atoms with Crippen LogP contribution >= 0.6 is 0 Å². The van der Waals surface area contributed by atoms with Crippen molar-refractivity contribution in [3.63, 3.8) is 0 Å². The predicted octanol–water partition coefficient (Wildman–Crippen LogP) is 3.58. The summed E-state index contributed by atoms with van der Waals surface area (Å²) >= 11 is 0. The van der Waals surface area contributed by atoms with Crippen molar-refractivity contribution in [1.29, 1.82) is 0 Å². The quantitative estimate of drug-likeness (QED) is 0.462. The van der Waals surface area contributed by atoms with Gasteiger partial charge in [0.2, 0.25) is 0 Å². The summed E-state index contributed by atoms with van der Waals surface area (Å²) < 4.78 is 12.3. The molecule has 0 aliphatic heterocycles. The van der Waals surface area contributed by atoms with Crippen LogP contribution in [0.5, 0.6) is 0 Å². The molecule has 0 amide bonds. The van der Waals surface area contributed by atoms with E-state index < -0.39 is 0 Å². The van der Waals surface area contributed by atoms with Crippen LogP contribution in [0.15, 0.2) is 53.0 Å². The number of hydrogen-bond acceptors (Lipinski definition) is 1. The van der Waals surface area contributed by atoms with Crippen LogP contribution in [0, 0.1) is 0 Å². The fraction of sp³-hybridized carbons (Fsp3) is 0.182. The van der Waals surface area contributed by atoms with Crippen LogP contribution < -0.4 is 0 Å². The first-order chi connectivity index (χ1) is 6.07. The Morgan fingerprint density at radius 1 is 1.31 bits per heavy atom. The highest BCUT2D eigenvalue weighted by Gasteiger charge is 1.89. The zero-order valence-electron chi connectivity index (χ0n) is 8.05. The van der Waals surface area contributed by atoms with Crippen LogP contribution in [0.25, 0.3) is 0 Å². The highest BCUT2D eigenvalue weighted by molar-refractivity contribution is 5.38. The van der Waals surface area contributed by atoms with Crippen molar-refractivity contribution in [2.75, 3.05) is 0 Å². The second-order valence-corrected chi connectivity index (χ2v) is 2.63. The largest absolute Gasteiger partial charge is 0.272 e. The standard InChI is InChI=1S/C11H14FN/c1-9(5-6-11(3)12)10(2)7-8-13-4/h5-8H,2,4H2,1,3H3. The zero-order chi connectivity index (χ0) is 10.3. The van der Waals surface area contributed by atoms with Crippen LogP contribution in [0.2, 0.25) is 0 Å². The van der Waals surface area contributed by atoms with E-state index in [4.69, 9.17) is 0 Å². The van der Waals surface area contributed by atoms with E-state index in [-0.39, 0.29) is 5.83 Å². The Morgan fingerprint density at radius 3 is 2.38 bits per heavy atom. The minimum absolute atomic E-state index is 0.224. The molecule has 0 aromatic carbocycles. The van der Waals surface area contributed by atoms with Gasteiger partial charge in [0.15, 0.2) is 0 Å². The third-order valence-electron chi connectivity index (χ3n) is 1.45. The molecule has 0 bridgehead atoms. The monoisotopic (exact) mass is 179 g/mol. The van der Waals surface area contributed by atoms with Gasteiger partial charge in [-0.1, -0.05) is 12.7 Å². The second kappa shape index (κ2) is 6.12. The Balaban J connectivity index is 4.42. The molecule has 0 aromatic heterocycles. The molecule has 0 fully saturated rings. The summed E-state index contributed by atoms with van der Waals surface area (Å²) in [5.74, 6) is -0.224. The van der Waals surface area contributed by atoms with Gasteiger partial charge >= 0.3 is 0 Å². The van der Waals surface area contributed by atoms with Gasteiger partial charge in [-0.15, -0.1) is 0 Å². The number of allylic oxidation sites excluding steroid dienone is 6. The third kappa shape index (κ3) is 5.79. The number of rotatable bonds is 4. The molecule has 70 valence electrons. The Morgan fingerprint density at radius 2 is 1.92 bits per heavy atom. The van der Waals surface area contributed by atoms with Crippen molar-refractivity contribution in [3.05, 3.63) is 48.0 Å². The van der Waals surface area contributed by atoms with Crippen LogP contribution in [-0.2, 0) is 0 Å². The second-order valence-electron chi connectivity index (χ2n) is 2.63. The van der Waals surface area contributed by atoms with E-state index in [1.165, 1.54) is 13.0 Å². The van der Waals surface area contributed by atoms with Crippen LogP contribution in [0.1, 0.15) is 13.8 Å². The minimum Gasteiger partial charge on any atom is -0.272 e. The molecular formula is C11H14FN. The van der Waals surface area contributed by atoms with Crippen LogP contribution in [0.3, 0.4) is 0 Å². The molecular weight excluding hydrogens is 165 g/mol. The lowest BCUT2D eigenvalue weighted by atomic mass is 10.1. The van der Waals surface area contributed by atoms with E-state index in [0.717, 1.165) is 11.1 Å². The van der Waals surface area contributed by atoms with E-state index >= 15 is 0 Å². The number of nitrogens with zero attached hydrogens (tertiary/aromatic N) is 1. The van der Waals surface area contributed by atoms with Crippen molar-refractivity contribution in [2.24, 2.45) is 4.99 Å². The summed E-state index contributed by atoms with van der Waals surface area (Å²) in [5.41, 5.74) is 1.70. The molecule has 0 aliphatic carbocycles. The van der Waals surface area contributed by atoms with Crippen molar-refractivity contribution >= 4 is 6.72 Å². The van der Waals surface area contributed by atoms with Crippen LogP contribution in [-0.4, -0.2) is 6.72 Å². The fourth-order valence-electron chi connectivity index (χ4n) is 0.621. The Labute approximate surface area is 78.7 Å². The number of hydrogen-bond donors (Lipinski definition) is 0. The number of aliphatic imine (C=N–C) groups is 1. The van der Waals surface area contributed by atoms with Gasteiger partial charge in [0.05, 0.1) is 5.83 Å². The van der Waals surface area contributed by atoms with Gasteiger partial charge < -0.3 is 0 Å².